The molecule has 0 saturated heterocycles. The lowest BCUT2D eigenvalue weighted by atomic mass is 10.2. The van der Waals surface area contributed by atoms with E-state index < -0.39 is 11.6 Å². The first-order valence-electron chi connectivity index (χ1n) is 3.68. The molecule has 5 heteroatoms. The van der Waals surface area contributed by atoms with E-state index in [4.69, 9.17) is 10.00 Å². The van der Waals surface area contributed by atoms with Crippen LogP contribution < -0.4 is 0 Å². The van der Waals surface area contributed by atoms with Gasteiger partial charge in [0.15, 0.2) is 5.60 Å². The number of hydrogen-bond acceptors (Lipinski definition) is 4. The number of nitrogens with one attached hydrogen (secondary N) is 1. The summed E-state index contributed by atoms with van der Waals surface area (Å²) in [6.07, 6.45) is 2.76. The fourth-order valence-electron chi connectivity index (χ4n) is 0.676. The average molecular weight is 179 g/mol. The SMILES string of the molecule is CC(C)(C#N)OC(=O)c1cn[nH]c1. The Hall–Kier alpha value is -1.83. The Labute approximate surface area is 75.3 Å². The number of carbonyl (C=O) groups is 1. The second kappa shape index (κ2) is 3.27. The van der Waals surface area contributed by atoms with Crippen LogP contribution in [0.3, 0.4) is 0 Å². The van der Waals surface area contributed by atoms with Gasteiger partial charge in [0.25, 0.3) is 0 Å². The summed E-state index contributed by atoms with van der Waals surface area (Å²) in [6.45, 7) is 3.04. The molecule has 0 unspecified atom stereocenters. The largest absolute Gasteiger partial charge is 0.441 e. The summed E-state index contributed by atoms with van der Waals surface area (Å²) in [4.78, 5) is 11.2. The number of nitrogens with zero attached hydrogens (tertiary/aromatic N) is 2. The molecule has 13 heavy (non-hydrogen) atoms. The zero-order valence-electron chi connectivity index (χ0n) is 7.37. The molecule has 1 heterocycles. The Kier molecular flexibility index (Phi) is 2.33. The number of H-pyrrole nitrogens is 1. The fraction of sp³-hybridized carbons (Fsp3) is 0.375. The molecule has 0 aromatic carbocycles. The minimum absolute atomic E-state index is 0.309. The van der Waals surface area contributed by atoms with Gasteiger partial charge in [-0.05, 0) is 13.8 Å². The molecule has 0 spiro atoms. The first-order valence-corrected chi connectivity index (χ1v) is 3.68. The van der Waals surface area contributed by atoms with Gasteiger partial charge in [-0.25, -0.2) is 4.79 Å². The van der Waals surface area contributed by atoms with Crippen LogP contribution in [0.2, 0.25) is 0 Å². The molecule has 1 aromatic heterocycles. The molecule has 1 rings (SSSR count). The van der Waals surface area contributed by atoms with Crippen LogP contribution in [0.1, 0.15) is 24.2 Å². The van der Waals surface area contributed by atoms with Crippen molar-refractivity contribution in [1.29, 1.82) is 5.26 Å². The molecular formula is C8H9N3O2. The van der Waals surface area contributed by atoms with Crippen molar-refractivity contribution >= 4 is 5.97 Å². The monoisotopic (exact) mass is 179 g/mol. The predicted molar refractivity (Wildman–Crippen MR) is 43.7 cm³/mol. The second-order valence-corrected chi connectivity index (χ2v) is 3.00. The van der Waals surface area contributed by atoms with Gasteiger partial charge < -0.3 is 4.74 Å². The Morgan fingerprint density at radius 3 is 2.92 bits per heavy atom. The number of nitriles is 1. The molecular weight excluding hydrogens is 170 g/mol. The summed E-state index contributed by atoms with van der Waals surface area (Å²) >= 11 is 0. The highest BCUT2D eigenvalue weighted by atomic mass is 16.6. The molecule has 0 aliphatic heterocycles. The molecule has 0 atom stereocenters. The predicted octanol–water partition coefficient (Wildman–Crippen LogP) is 0.869. The van der Waals surface area contributed by atoms with Crippen LogP contribution in [-0.2, 0) is 4.74 Å². The maximum Gasteiger partial charge on any atom is 0.342 e. The maximum absolute atomic E-state index is 11.2. The van der Waals surface area contributed by atoms with Crippen molar-refractivity contribution in [1.82, 2.24) is 10.2 Å². The fourth-order valence-corrected chi connectivity index (χ4v) is 0.676. The molecule has 0 amide bonds. The van der Waals surface area contributed by atoms with Crippen LogP contribution in [-0.4, -0.2) is 21.8 Å². The van der Waals surface area contributed by atoms with E-state index in [1.54, 1.807) is 0 Å². The Morgan fingerprint density at radius 1 is 1.77 bits per heavy atom. The van der Waals surface area contributed by atoms with Crippen molar-refractivity contribution in [2.24, 2.45) is 0 Å². The van der Waals surface area contributed by atoms with E-state index >= 15 is 0 Å². The van der Waals surface area contributed by atoms with Gasteiger partial charge in [0.2, 0.25) is 0 Å². The molecule has 0 saturated carbocycles. The van der Waals surface area contributed by atoms with E-state index in [2.05, 4.69) is 10.2 Å². The molecule has 5 nitrogen and oxygen atoms in total. The van der Waals surface area contributed by atoms with Gasteiger partial charge >= 0.3 is 5.97 Å². The van der Waals surface area contributed by atoms with Gasteiger partial charge in [-0.3, -0.25) is 5.10 Å². The van der Waals surface area contributed by atoms with Gasteiger partial charge in [-0.15, -0.1) is 0 Å². The minimum atomic E-state index is -1.10. The number of aromatic amines is 1. The lowest BCUT2D eigenvalue weighted by Crippen LogP contribution is -2.25. The zero-order chi connectivity index (χ0) is 9.90. The number of carbonyl (C=O) groups excluding carboxylic acids is 1. The lowest BCUT2D eigenvalue weighted by Gasteiger charge is -2.15. The van der Waals surface area contributed by atoms with Crippen LogP contribution >= 0.6 is 0 Å². The van der Waals surface area contributed by atoms with E-state index in [0.29, 0.717) is 5.56 Å². The van der Waals surface area contributed by atoms with Gasteiger partial charge in [0.1, 0.15) is 6.07 Å². The van der Waals surface area contributed by atoms with Crippen molar-refractivity contribution in [3.63, 3.8) is 0 Å². The normalized spacial score (nSPS) is 10.5. The van der Waals surface area contributed by atoms with Crippen LogP contribution in [0, 0.1) is 11.3 Å². The smallest absolute Gasteiger partial charge is 0.342 e. The third kappa shape index (κ3) is 2.30. The van der Waals surface area contributed by atoms with E-state index in [1.165, 1.54) is 26.2 Å². The van der Waals surface area contributed by atoms with E-state index in [0.717, 1.165) is 0 Å². The van der Waals surface area contributed by atoms with Crippen molar-refractivity contribution in [3.8, 4) is 6.07 Å². The molecule has 0 fully saturated rings. The van der Waals surface area contributed by atoms with Crippen molar-refractivity contribution in [2.75, 3.05) is 0 Å². The topological polar surface area (TPSA) is 78.8 Å². The molecule has 1 N–H and O–H groups in total. The number of aromatic nitrogens is 2. The summed E-state index contributed by atoms with van der Waals surface area (Å²) in [5, 5.41) is 14.7. The van der Waals surface area contributed by atoms with Crippen LogP contribution in [0.4, 0.5) is 0 Å². The average Bonchev–Trinajstić information content (AvgIpc) is 2.55. The summed E-state index contributed by atoms with van der Waals surface area (Å²) in [6, 6.07) is 1.86. The molecule has 1 aromatic rings. The summed E-state index contributed by atoms with van der Waals surface area (Å²) in [5.74, 6) is -0.555. The quantitative estimate of drug-likeness (QED) is 0.683. The maximum atomic E-state index is 11.2. The van der Waals surface area contributed by atoms with Crippen LogP contribution in [0.25, 0.3) is 0 Å². The van der Waals surface area contributed by atoms with Gasteiger partial charge in [-0.2, -0.15) is 10.4 Å². The van der Waals surface area contributed by atoms with Crippen LogP contribution in [0.15, 0.2) is 12.4 Å². The standard InChI is InChI=1S/C8H9N3O2/c1-8(2,5-9)13-7(12)6-3-10-11-4-6/h3-4H,1-2H3,(H,10,11). The van der Waals surface area contributed by atoms with Gasteiger partial charge in [0.05, 0.1) is 11.8 Å². The summed E-state index contributed by atoms with van der Waals surface area (Å²) < 4.78 is 4.87. The third-order valence-electron chi connectivity index (χ3n) is 1.35. The number of hydrogen-bond donors (Lipinski definition) is 1. The Bertz CT molecular complexity index is 335. The van der Waals surface area contributed by atoms with Crippen molar-refractivity contribution in [2.45, 2.75) is 19.4 Å². The Morgan fingerprint density at radius 2 is 2.46 bits per heavy atom. The van der Waals surface area contributed by atoms with Crippen molar-refractivity contribution in [3.05, 3.63) is 18.0 Å². The summed E-state index contributed by atoms with van der Waals surface area (Å²) in [5.41, 5.74) is -0.794. The highest BCUT2D eigenvalue weighted by molar-refractivity contribution is 5.89. The van der Waals surface area contributed by atoms with E-state index in [9.17, 15) is 4.79 Å². The molecule has 0 aliphatic carbocycles. The first-order chi connectivity index (χ1) is 6.05. The molecule has 68 valence electrons. The second-order valence-electron chi connectivity index (χ2n) is 3.00. The summed E-state index contributed by atoms with van der Waals surface area (Å²) in [7, 11) is 0. The Balaban J connectivity index is 2.68. The minimum Gasteiger partial charge on any atom is -0.441 e. The molecule has 0 radical (unpaired) electrons. The third-order valence-corrected chi connectivity index (χ3v) is 1.35. The number of rotatable bonds is 2. The molecule has 0 bridgehead atoms. The van der Waals surface area contributed by atoms with Crippen LogP contribution in [0.5, 0.6) is 0 Å². The number of esters is 1. The highest BCUT2D eigenvalue weighted by Gasteiger charge is 2.23. The lowest BCUT2D eigenvalue weighted by molar-refractivity contribution is 0.0198. The van der Waals surface area contributed by atoms with E-state index in [-0.39, 0.29) is 0 Å². The zero-order valence-corrected chi connectivity index (χ0v) is 7.37. The highest BCUT2D eigenvalue weighted by Crippen LogP contribution is 2.10. The van der Waals surface area contributed by atoms with Gasteiger partial charge in [-0.1, -0.05) is 0 Å². The molecule has 0 aliphatic rings. The van der Waals surface area contributed by atoms with Gasteiger partial charge in [0, 0.05) is 6.20 Å². The number of ether oxygens (including phenoxy) is 1. The van der Waals surface area contributed by atoms with E-state index in [1.807, 2.05) is 6.07 Å². The first kappa shape index (κ1) is 9.26. The van der Waals surface area contributed by atoms with Crippen molar-refractivity contribution < 1.29 is 9.53 Å².